The maximum absolute atomic E-state index is 11.8. The Balaban J connectivity index is 2.06. The molecule has 3 aromatic heterocycles. The average molecular weight is 569 g/mol. The molecule has 13 heteroatoms. The van der Waals surface area contributed by atoms with Crippen LogP contribution in [0.25, 0.3) is 11.0 Å². The first kappa shape index (κ1) is 24.4. The molecule has 0 saturated heterocycles. The Labute approximate surface area is 203 Å². The lowest BCUT2D eigenvalue weighted by atomic mass is 10.2. The molecule has 0 unspecified atom stereocenters. The number of anilines is 2. The number of esters is 1. The number of aromatic nitrogens is 5. The van der Waals surface area contributed by atoms with Crippen molar-refractivity contribution in [3.8, 4) is 5.75 Å². The Morgan fingerprint density at radius 3 is 2.64 bits per heavy atom. The van der Waals surface area contributed by atoms with Crippen molar-refractivity contribution in [3.63, 3.8) is 0 Å². The number of fused-ring (bicyclic) bond motifs is 1. The number of carbonyl (C=O) groups is 2. The largest absolute Gasteiger partial charge is 0.495 e. The van der Waals surface area contributed by atoms with Gasteiger partial charge < -0.3 is 19.5 Å². The molecule has 33 heavy (non-hydrogen) atoms. The third-order valence-electron chi connectivity index (χ3n) is 4.64. The number of unbranched alkanes of at least 4 members (excludes halogenated alkanes) is 1. The van der Waals surface area contributed by atoms with Gasteiger partial charge in [-0.2, -0.15) is 10.1 Å². The van der Waals surface area contributed by atoms with Gasteiger partial charge in [0.2, 0.25) is 5.95 Å². The number of amides is 1. The van der Waals surface area contributed by atoms with Gasteiger partial charge in [-0.05, 0) is 35.1 Å². The number of nitrogens with one attached hydrogen (secondary N) is 2. The van der Waals surface area contributed by atoms with E-state index in [1.54, 1.807) is 10.7 Å². The van der Waals surface area contributed by atoms with Crippen LogP contribution in [0.2, 0.25) is 0 Å². The summed E-state index contributed by atoms with van der Waals surface area (Å²) in [5.74, 6) is 0.527. The highest BCUT2D eigenvalue weighted by Gasteiger charge is 2.20. The maximum atomic E-state index is 11.8. The second-order valence-electron chi connectivity index (χ2n) is 6.80. The van der Waals surface area contributed by atoms with E-state index in [1.165, 1.54) is 27.5 Å². The predicted octanol–water partition coefficient (Wildman–Crippen LogP) is 3.06. The molecule has 0 fully saturated rings. The summed E-state index contributed by atoms with van der Waals surface area (Å²) >= 11 is 2.07. The van der Waals surface area contributed by atoms with Gasteiger partial charge in [0.25, 0.3) is 0 Å². The summed E-state index contributed by atoms with van der Waals surface area (Å²) in [7, 11) is 4.07. The Kier molecular flexibility index (Phi) is 8.19. The Bertz CT molecular complexity index is 1170. The van der Waals surface area contributed by atoms with Crippen molar-refractivity contribution in [2.75, 3.05) is 38.5 Å². The van der Waals surface area contributed by atoms with Crippen molar-refractivity contribution in [1.29, 1.82) is 0 Å². The summed E-state index contributed by atoms with van der Waals surface area (Å²) in [6.07, 6.45) is 2.69. The van der Waals surface area contributed by atoms with Gasteiger partial charge in [-0.25, -0.2) is 14.6 Å². The number of hydrogen-bond acceptors (Lipinski definition) is 10. The molecule has 0 aromatic carbocycles. The van der Waals surface area contributed by atoms with E-state index >= 15 is 0 Å². The average Bonchev–Trinajstić information content (AvgIpc) is 3.13. The first-order chi connectivity index (χ1) is 15.9. The normalized spacial score (nSPS) is 10.7. The Hall–Kier alpha value is -3.23. The molecule has 0 aliphatic carbocycles. The number of nitrogens with zero attached hydrogens (tertiary/aromatic N) is 5. The zero-order valence-corrected chi connectivity index (χ0v) is 20.8. The molecule has 2 N–H and O–H groups in total. The van der Waals surface area contributed by atoms with Gasteiger partial charge in [-0.3, -0.25) is 15.0 Å². The van der Waals surface area contributed by atoms with Crippen molar-refractivity contribution >= 4 is 57.5 Å². The number of carbonyl (C=O) groups excluding carboxylic acids is 2. The molecule has 0 spiro atoms. The zero-order valence-electron chi connectivity index (χ0n) is 18.6. The van der Waals surface area contributed by atoms with Crippen LogP contribution in [0.4, 0.5) is 16.6 Å². The van der Waals surface area contributed by atoms with Crippen LogP contribution >= 0.6 is 22.6 Å². The van der Waals surface area contributed by atoms with E-state index in [4.69, 9.17) is 9.47 Å². The summed E-state index contributed by atoms with van der Waals surface area (Å²) in [5.41, 5.74) is 2.04. The van der Waals surface area contributed by atoms with Crippen LogP contribution in [0.1, 0.15) is 35.8 Å². The minimum Gasteiger partial charge on any atom is -0.495 e. The fourth-order valence-electron chi connectivity index (χ4n) is 3.01. The highest BCUT2D eigenvalue weighted by Crippen LogP contribution is 2.28. The molecule has 0 atom stereocenters. The summed E-state index contributed by atoms with van der Waals surface area (Å²) in [5, 5.41) is 10.4. The van der Waals surface area contributed by atoms with E-state index in [2.05, 4.69) is 64.9 Å². The van der Waals surface area contributed by atoms with Crippen molar-refractivity contribution < 1.29 is 23.8 Å². The van der Waals surface area contributed by atoms with E-state index in [9.17, 15) is 9.59 Å². The zero-order chi connectivity index (χ0) is 24.0. The number of halogens is 1. The molecule has 176 valence electrons. The van der Waals surface area contributed by atoms with Crippen molar-refractivity contribution in [2.45, 2.75) is 26.3 Å². The van der Waals surface area contributed by atoms with E-state index in [-0.39, 0.29) is 18.1 Å². The Morgan fingerprint density at radius 2 is 1.97 bits per heavy atom. The molecule has 0 aliphatic heterocycles. The molecule has 0 bridgehead atoms. The van der Waals surface area contributed by atoms with Gasteiger partial charge in [-0.1, -0.05) is 13.3 Å². The van der Waals surface area contributed by atoms with Crippen molar-refractivity contribution in [3.05, 3.63) is 27.2 Å². The fourth-order valence-corrected chi connectivity index (χ4v) is 3.64. The van der Waals surface area contributed by atoms with Crippen LogP contribution in [0.3, 0.4) is 0 Å². The second-order valence-corrected chi connectivity index (χ2v) is 7.82. The minimum atomic E-state index is -0.670. The van der Waals surface area contributed by atoms with Crippen LogP contribution in [-0.2, 0) is 16.0 Å². The number of rotatable bonds is 9. The van der Waals surface area contributed by atoms with Crippen molar-refractivity contribution in [1.82, 2.24) is 24.7 Å². The summed E-state index contributed by atoms with van der Waals surface area (Å²) in [6.45, 7) is 3.00. The summed E-state index contributed by atoms with van der Waals surface area (Å²) < 4.78 is 17.2. The van der Waals surface area contributed by atoms with Crippen LogP contribution in [-0.4, -0.2) is 64.7 Å². The topological polar surface area (TPSA) is 142 Å². The molecule has 3 rings (SSSR count). The SMILES string of the molecule is CCCCNc1nc(NC(=O)OC)nc2c(I)nn(Cc3ncc(C(=O)OC)cc3OC)c12. The molecule has 0 radical (unpaired) electrons. The monoisotopic (exact) mass is 569 g/mol. The standard InChI is InChI=1S/C20H24IN7O5/c1-5-6-7-22-17-15-14(24-19(25-17)26-20(30)33-4)16(21)27-28(15)10-12-13(31-2)8-11(9-23-12)18(29)32-3/h8-9H,5-7,10H2,1-4H3,(H2,22,24,25,26,30). The second kappa shape index (κ2) is 11.1. The van der Waals surface area contributed by atoms with Crippen LogP contribution < -0.4 is 15.4 Å². The van der Waals surface area contributed by atoms with Gasteiger partial charge in [-0.15, -0.1) is 0 Å². The molecular formula is C20H24IN7O5. The highest BCUT2D eigenvalue weighted by molar-refractivity contribution is 14.1. The molecule has 0 aliphatic rings. The first-order valence-corrected chi connectivity index (χ1v) is 11.1. The smallest absolute Gasteiger partial charge is 0.413 e. The lowest BCUT2D eigenvalue weighted by Gasteiger charge is -2.12. The van der Waals surface area contributed by atoms with Gasteiger partial charge in [0.05, 0.1) is 33.4 Å². The van der Waals surface area contributed by atoms with E-state index in [0.29, 0.717) is 38.5 Å². The lowest BCUT2D eigenvalue weighted by Crippen LogP contribution is -2.15. The molecule has 12 nitrogen and oxygen atoms in total. The van der Waals surface area contributed by atoms with E-state index < -0.39 is 12.1 Å². The van der Waals surface area contributed by atoms with Gasteiger partial charge in [0.15, 0.2) is 5.82 Å². The van der Waals surface area contributed by atoms with Crippen LogP contribution in [0.5, 0.6) is 5.75 Å². The molecule has 1 amide bonds. The highest BCUT2D eigenvalue weighted by atomic mass is 127. The van der Waals surface area contributed by atoms with Gasteiger partial charge in [0, 0.05) is 12.7 Å². The molecule has 3 aromatic rings. The first-order valence-electron chi connectivity index (χ1n) is 10.1. The molecular weight excluding hydrogens is 545 g/mol. The third kappa shape index (κ3) is 5.58. The molecule has 0 saturated carbocycles. The van der Waals surface area contributed by atoms with Crippen LogP contribution in [0.15, 0.2) is 12.3 Å². The van der Waals surface area contributed by atoms with Gasteiger partial charge >= 0.3 is 12.1 Å². The predicted molar refractivity (Wildman–Crippen MR) is 129 cm³/mol. The van der Waals surface area contributed by atoms with Crippen molar-refractivity contribution in [2.24, 2.45) is 0 Å². The van der Waals surface area contributed by atoms with Gasteiger partial charge in [0.1, 0.15) is 26.2 Å². The number of methoxy groups -OCH3 is 3. The third-order valence-corrected chi connectivity index (χ3v) is 5.37. The summed E-state index contributed by atoms with van der Waals surface area (Å²) in [4.78, 5) is 36.8. The lowest BCUT2D eigenvalue weighted by molar-refractivity contribution is 0.0599. The van der Waals surface area contributed by atoms with E-state index in [0.717, 1.165) is 12.8 Å². The fraction of sp³-hybridized carbons (Fsp3) is 0.400. The number of pyridine rings is 1. The number of ether oxygens (including phenoxy) is 3. The number of hydrogen-bond donors (Lipinski definition) is 2. The maximum Gasteiger partial charge on any atom is 0.413 e. The van der Waals surface area contributed by atoms with Crippen LogP contribution in [0, 0.1) is 3.70 Å². The van der Waals surface area contributed by atoms with E-state index in [1.807, 2.05) is 0 Å². The minimum absolute atomic E-state index is 0.101. The molecule has 3 heterocycles. The Morgan fingerprint density at radius 1 is 1.18 bits per heavy atom. The summed E-state index contributed by atoms with van der Waals surface area (Å²) in [6, 6.07) is 1.57. The quantitative estimate of drug-likeness (QED) is 0.224.